The number of amides is 1. The molecule has 0 bridgehead atoms. The third-order valence-corrected chi connectivity index (χ3v) is 1.66. The van der Waals surface area contributed by atoms with Crippen molar-refractivity contribution in [1.29, 1.82) is 0 Å². The fourth-order valence-corrected chi connectivity index (χ4v) is 1.16. The maximum absolute atomic E-state index is 10.8. The molecule has 4 nitrogen and oxygen atoms in total. The van der Waals surface area contributed by atoms with Gasteiger partial charge in [0, 0.05) is 13.5 Å². The maximum Gasteiger partial charge on any atom is 0.223 e. The SMILES string of the molecule is CC(=O)N1CCC=C1C(O)O. The lowest BCUT2D eigenvalue weighted by Crippen LogP contribution is -2.30. The van der Waals surface area contributed by atoms with Crippen molar-refractivity contribution >= 4 is 5.91 Å². The Morgan fingerprint density at radius 2 is 2.36 bits per heavy atom. The molecule has 11 heavy (non-hydrogen) atoms. The average molecular weight is 157 g/mol. The van der Waals surface area contributed by atoms with Crippen molar-refractivity contribution < 1.29 is 15.0 Å². The number of nitrogens with zero attached hydrogens (tertiary/aromatic N) is 1. The highest BCUT2D eigenvalue weighted by Crippen LogP contribution is 2.16. The number of aliphatic hydroxyl groups is 2. The van der Waals surface area contributed by atoms with Crippen LogP contribution in [0.5, 0.6) is 0 Å². The van der Waals surface area contributed by atoms with E-state index in [4.69, 9.17) is 10.2 Å². The molecule has 0 unspecified atom stereocenters. The second-order valence-electron chi connectivity index (χ2n) is 2.46. The molecule has 4 heteroatoms. The average Bonchev–Trinajstić information content (AvgIpc) is 2.32. The van der Waals surface area contributed by atoms with Crippen molar-refractivity contribution in [3.8, 4) is 0 Å². The van der Waals surface area contributed by atoms with Crippen molar-refractivity contribution in [2.24, 2.45) is 0 Å². The van der Waals surface area contributed by atoms with Crippen molar-refractivity contribution in [2.45, 2.75) is 19.6 Å². The summed E-state index contributed by atoms with van der Waals surface area (Å²) in [7, 11) is 0. The summed E-state index contributed by atoms with van der Waals surface area (Å²) >= 11 is 0. The zero-order chi connectivity index (χ0) is 8.43. The molecule has 0 aromatic rings. The lowest BCUT2D eigenvalue weighted by atomic mass is 10.4. The molecule has 0 saturated carbocycles. The Hall–Kier alpha value is -0.870. The zero-order valence-corrected chi connectivity index (χ0v) is 6.32. The summed E-state index contributed by atoms with van der Waals surface area (Å²) in [5.41, 5.74) is 0.303. The first-order valence-electron chi connectivity index (χ1n) is 3.47. The Labute approximate surface area is 64.7 Å². The molecule has 2 N–H and O–H groups in total. The van der Waals surface area contributed by atoms with Gasteiger partial charge in [-0.3, -0.25) is 4.79 Å². The van der Waals surface area contributed by atoms with Gasteiger partial charge in [-0.05, 0) is 6.42 Å². The van der Waals surface area contributed by atoms with Gasteiger partial charge in [0.25, 0.3) is 0 Å². The van der Waals surface area contributed by atoms with Crippen molar-refractivity contribution in [2.75, 3.05) is 6.54 Å². The van der Waals surface area contributed by atoms with Crippen LogP contribution in [-0.2, 0) is 4.79 Å². The number of aliphatic hydroxyl groups excluding tert-OH is 1. The maximum atomic E-state index is 10.8. The fraction of sp³-hybridized carbons (Fsp3) is 0.571. The van der Waals surface area contributed by atoms with Crippen LogP contribution in [-0.4, -0.2) is 33.9 Å². The molecule has 1 amide bonds. The van der Waals surface area contributed by atoms with Gasteiger partial charge in [-0.25, -0.2) is 0 Å². The minimum absolute atomic E-state index is 0.151. The Morgan fingerprint density at radius 3 is 2.73 bits per heavy atom. The van der Waals surface area contributed by atoms with Gasteiger partial charge in [0.05, 0.1) is 5.70 Å². The van der Waals surface area contributed by atoms with Crippen LogP contribution in [0.25, 0.3) is 0 Å². The first kappa shape index (κ1) is 8.23. The first-order valence-corrected chi connectivity index (χ1v) is 3.47. The van der Waals surface area contributed by atoms with Gasteiger partial charge in [0.1, 0.15) is 0 Å². The highest BCUT2D eigenvalue weighted by atomic mass is 16.5. The minimum Gasteiger partial charge on any atom is -0.363 e. The molecule has 0 radical (unpaired) electrons. The van der Waals surface area contributed by atoms with E-state index in [0.717, 1.165) is 0 Å². The summed E-state index contributed by atoms with van der Waals surface area (Å²) in [6.45, 7) is 1.96. The summed E-state index contributed by atoms with van der Waals surface area (Å²) in [4.78, 5) is 12.2. The second kappa shape index (κ2) is 3.02. The first-order chi connectivity index (χ1) is 5.13. The Balaban J connectivity index is 2.70. The zero-order valence-electron chi connectivity index (χ0n) is 6.32. The van der Waals surface area contributed by atoms with Gasteiger partial charge in [0.2, 0.25) is 5.91 Å². The molecular formula is C7H11NO3. The van der Waals surface area contributed by atoms with E-state index in [9.17, 15) is 4.79 Å². The van der Waals surface area contributed by atoms with Crippen LogP contribution in [0.15, 0.2) is 11.8 Å². The highest BCUT2D eigenvalue weighted by Gasteiger charge is 2.22. The molecule has 0 aromatic carbocycles. The number of carbonyl (C=O) groups excluding carboxylic acids is 1. The van der Waals surface area contributed by atoms with Gasteiger partial charge < -0.3 is 15.1 Å². The van der Waals surface area contributed by atoms with E-state index >= 15 is 0 Å². The van der Waals surface area contributed by atoms with E-state index < -0.39 is 6.29 Å². The van der Waals surface area contributed by atoms with Gasteiger partial charge in [-0.15, -0.1) is 0 Å². The minimum atomic E-state index is -1.53. The topological polar surface area (TPSA) is 60.8 Å². The quantitative estimate of drug-likeness (QED) is 0.501. The standard InChI is InChI=1S/C7H11NO3/c1-5(9)8-4-2-3-6(8)7(10)11/h3,7,10-11H,2,4H2,1H3. The van der Waals surface area contributed by atoms with Crippen LogP contribution in [0.4, 0.5) is 0 Å². The molecule has 62 valence electrons. The summed E-state index contributed by atoms with van der Waals surface area (Å²) in [5.74, 6) is -0.151. The van der Waals surface area contributed by atoms with Gasteiger partial charge in [-0.1, -0.05) is 6.08 Å². The lowest BCUT2D eigenvalue weighted by Gasteiger charge is -2.19. The van der Waals surface area contributed by atoms with Crippen molar-refractivity contribution in [1.82, 2.24) is 4.90 Å². The molecule has 0 spiro atoms. The third kappa shape index (κ3) is 1.58. The normalized spacial score (nSPS) is 17.5. The fourth-order valence-electron chi connectivity index (χ4n) is 1.16. The van der Waals surface area contributed by atoms with Crippen molar-refractivity contribution in [3.63, 3.8) is 0 Å². The monoisotopic (exact) mass is 157 g/mol. The molecule has 1 heterocycles. The van der Waals surface area contributed by atoms with Crippen LogP contribution in [0, 0.1) is 0 Å². The molecule has 0 aromatic heterocycles. The van der Waals surface area contributed by atoms with Crippen LogP contribution < -0.4 is 0 Å². The summed E-state index contributed by atoms with van der Waals surface area (Å²) in [6, 6.07) is 0. The van der Waals surface area contributed by atoms with Crippen LogP contribution in [0.1, 0.15) is 13.3 Å². The largest absolute Gasteiger partial charge is 0.363 e. The van der Waals surface area contributed by atoms with E-state index in [0.29, 0.717) is 18.7 Å². The smallest absolute Gasteiger partial charge is 0.223 e. The predicted molar refractivity (Wildman–Crippen MR) is 38.3 cm³/mol. The Bertz CT molecular complexity index is 198. The molecule has 0 fully saturated rings. The predicted octanol–water partition coefficient (Wildman–Crippen LogP) is -0.567. The number of hydrogen-bond acceptors (Lipinski definition) is 3. The Morgan fingerprint density at radius 1 is 1.73 bits per heavy atom. The number of rotatable bonds is 1. The van der Waals surface area contributed by atoms with Gasteiger partial charge in [-0.2, -0.15) is 0 Å². The molecule has 1 aliphatic rings. The number of hydrogen-bond donors (Lipinski definition) is 2. The third-order valence-electron chi connectivity index (χ3n) is 1.66. The van der Waals surface area contributed by atoms with Gasteiger partial charge in [0.15, 0.2) is 6.29 Å². The molecule has 1 rings (SSSR count). The number of carbonyl (C=O) groups is 1. The van der Waals surface area contributed by atoms with E-state index in [1.165, 1.54) is 11.8 Å². The molecule has 0 saturated heterocycles. The molecule has 0 aliphatic carbocycles. The van der Waals surface area contributed by atoms with E-state index in [1.54, 1.807) is 6.08 Å². The Kier molecular flexibility index (Phi) is 2.26. The highest BCUT2D eigenvalue weighted by molar-refractivity contribution is 5.75. The van der Waals surface area contributed by atoms with E-state index in [-0.39, 0.29) is 5.91 Å². The summed E-state index contributed by atoms with van der Waals surface area (Å²) in [5, 5.41) is 17.5. The molecular weight excluding hydrogens is 146 g/mol. The lowest BCUT2D eigenvalue weighted by molar-refractivity contribution is -0.129. The summed E-state index contributed by atoms with van der Waals surface area (Å²) in [6.07, 6.45) is 0.833. The van der Waals surface area contributed by atoms with E-state index in [2.05, 4.69) is 0 Å². The van der Waals surface area contributed by atoms with Crippen LogP contribution >= 0.6 is 0 Å². The van der Waals surface area contributed by atoms with Crippen LogP contribution in [0.2, 0.25) is 0 Å². The molecule has 0 atom stereocenters. The second-order valence-corrected chi connectivity index (χ2v) is 2.46. The van der Waals surface area contributed by atoms with E-state index in [1.807, 2.05) is 0 Å². The van der Waals surface area contributed by atoms with Gasteiger partial charge >= 0.3 is 0 Å². The summed E-state index contributed by atoms with van der Waals surface area (Å²) < 4.78 is 0. The molecule has 1 aliphatic heterocycles. The van der Waals surface area contributed by atoms with Crippen LogP contribution in [0.3, 0.4) is 0 Å². The van der Waals surface area contributed by atoms with Crippen molar-refractivity contribution in [3.05, 3.63) is 11.8 Å².